The first-order valence-corrected chi connectivity index (χ1v) is 9.07. The van der Waals surface area contributed by atoms with Gasteiger partial charge in [-0.1, -0.05) is 24.6 Å². The number of nitrogens with one attached hydrogen (secondary N) is 1. The van der Waals surface area contributed by atoms with Gasteiger partial charge in [-0.05, 0) is 49.7 Å². The molecule has 0 bridgehead atoms. The number of rotatable bonds is 8. The summed E-state index contributed by atoms with van der Waals surface area (Å²) < 4.78 is 5.75. The third kappa shape index (κ3) is 5.58. The van der Waals surface area contributed by atoms with Gasteiger partial charge in [0.2, 0.25) is 0 Å². The molecule has 1 saturated heterocycles. The van der Waals surface area contributed by atoms with E-state index in [0.29, 0.717) is 13.2 Å². The maximum atomic E-state index is 11.2. The van der Waals surface area contributed by atoms with Crippen LogP contribution in [0.5, 0.6) is 5.75 Å². The minimum atomic E-state index is -0.607. The third-order valence-electron chi connectivity index (χ3n) is 4.61. The van der Waals surface area contributed by atoms with Crippen molar-refractivity contribution in [3.05, 3.63) is 62.4 Å². The Morgan fingerprint density at radius 3 is 2.63 bits per heavy atom. The lowest BCUT2D eigenvalue weighted by Gasteiger charge is -2.26. The summed E-state index contributed by atoms with van der Waals surface area (Å²) >= 11 is 0. The average Bonchev–Trinajstić information content (AvgIpc) is 2.67. The van der Waals surface area contributed by atoms with Crippen LogP contribution in [0.3, 0.4) is 0 Å². The zero-order valence-electron chi connectivity index (χ0n) is 15.3. The number of nitrogens with zero attached hydrogens (tertiary/aromatic N) is 1. The van der Waals surface area contributed by atoms with Crippen molar-refractivity contribution in [3.63, 3.8) is 0 Å². The topological polar surface area (TPSA) is 84.7 Å². The first-order chi connectivity index (χ1) is 12.6. The highest BCUT2D eigenvalue weighted by atomic mass is 35.5. The van der Waals surface area contributed by atoms with E-state index in [-0.39, 0.29) is 23.8 Å². The number of benzene rings is 1. The van der Waals surface area contributed by atoms with Gasteiger partial charge >= 0.3 is 0 Å². The van der Waals surface area contributed by atoms with Crippen LogP contribution in [0.25, 0.3) is 0 Å². The van der Waals surface area contributed by atoms with Gasteiger partial charge in [-0.15, -0.1) is 12.4 Å². The number of hydrogen-bond acceptors (Lipinski definition) is 6. The predicted molar refractivity (Wildman–Crippen MR) is 112 cm³/mol. The van der Waals surface area contributed by atoms with Crippen LogP contribution in [0.4, 0.5) is 11.4 Å². The molecule has 0 amide bonds. The first kappa shape index (κ1) is 21.0. The molecular weight excluding hydrogens is 366 g/mol. The highest BCUT2D eigenvalue weighted by Gasteiger charge is 2.16. The molecule has 3 rings (SSSR count). The molecule has 146 valence electrons. The molecule has 1 fully saturated rings. The van der Waals surface area contributed by atoms with Gasteiger partial charge in [0.15, 0.2) is 0 Å². The van der Waals surface area contributed by atoms with Crippen molar-refractivity contribution in [2.24, 2.45) is 0 Å². The summed E-state index contributed by atoms with van der Waals surface area (Å²) in [6, 6.07) is 8.20. The smallest absolute Gasteiger partial charge is 0.253 e. The Kier molecular flexibility index (Phi) is 7.88. The summed E-state index contributed by atoms with van der Waals surface area (Å²) in [7, 11) is 0. The number of hydrogen-bond donors (Lipinski definition) is 2. The largest absolute Gasteiger partial charge is 0.490 e. The molecule has 7 heteroatoms. The Balaban J connectivity index is 0.00000261. The Hall–Kier alpha value is -2.31. The van der Waals surface area contributed by atoms with Crippen molar-refractivity contribution in [1.82, 2.24) is 4.90 Å². The number of ether oxygens (including phenoxy) is 1. The molecule has 0 aromatic heterocycles. The molecule has 0 spiro atoms. The van der Waals surface area contributed by atoms with E-state index in [0.717, 1.165) is 12.3 Å². The summed E-state index contributed by atoms with van der Waals surface area (Å²) in [6.45, 7) is 4.19. The summed E-state index contributed by atoms with van der Waals surface area (Å²) in [6.07, 6.45) is 7.63. The van der Waals surface area contributed by atoms with Crippen LogP contribution in [0.1, 0.15) is 24.8 Å². The van der Waals surface area contributed by atoms with Crippen LogP contribution in [-0.2, 0) is 6.54 Å². The second-order valence-corrected chi connectivity index (χ2v) is 6.59. The lowest BCUT2D eigenvalue weighted by Crippen LogP contribution is -2.37. The second kappa shape index (κ2) is 10.1. The van der Waals surface area contributed by atoms with Crippen molar-refractivity contribution in [3.8, 4) is 5.75 Å². The van der Waals surface area contributed by atoms with Crippen molar-refractivity contribution < 1.29 is 4.74 Å². The van der Waals surface area contributed by atoms with Gasteiger partial charge in [0.1, 0.15) is 23.7 Å². The molecule has 1 heterocycles. The molecule has 1 aliphatic rings. The monoisotopic (exact) mass is 391 g/mol. The minimum absolute atomic E-state index is 0. The van der Waals surface area contributed by atoms with Gasteiger partial charge in [0.25, 0.3) is 10.9 Å². The van der Waals surface area contributed by atoms with Crippen LogP contribution in [0.15, 0.2) is 46.0 Å². The van der Waals surface area contributed by atoms with Crippen LogP contribution < -0.4 is 26.6 Å². The van der Waals surface area contributed by atoms with Gasteiger partial charge in [0, 0.05) is 13.1 Å². The maximum absolute atomic E-state index is 11.2. The second-order valence-electron chi connectivity index (χ2n) is 6.59. The van der Waals surface area contributed by atoms with Crippen molar-refractivity contribution >= 4 is 23.8 Å². The van der Waals surface area contributed by atoms with Crippen LogP contribution in [0, 0.1) is 0 Å². The van der Waals surface area contributed by atoms with Gasteiger partial charge < -0.3 is 15.8 Å². The molecule has 0 radical (unpaired) electrons. The standard InChI is InChI=1S/C20H25N3O3.ClH/c21-17-18(20(25)19(17)24)22-9-2-5-12-26-16-8-6-7-15(13-16)14-23-10-3-1-4-11-23;/h2,5-8,13,22H,1,3-4,9-12,14,21H2;1H/b5-2-;. The Bertz CT molecular complexity index is 837. The molecule has 0 unspecified atom stereocenters. The van der Waals surface area contributed by atoms with Gasteiger partial charge in [-0.2, -0.15) is 0 Å². The summed E-state index contributed by atoms with van der Waals surface area (Å²) in [4.78, 5) is 24.7. The maximum Gasteiger partial charge on any atom is 0.253 e. The van der Waals surface area contributed by atoms with Crippen molar-refractivity contribution in [2.45, 2.75) is 25.8 Å². The molecule has 0 saturated carbocycles. The quantitative estimate of drug-likeness (QED) is 0.530. The van der Waals surface area contributed by atoms with E-state index in [9.17, 15) is 9.59 Å². The molecule has 0 atom stereocenters. The summed E-state index contributed by atoms with van der Waals surface area (Å²) in [5.41, 5.74) is 5.80. The SMILES string of the molecule is Cl.Nc1c(NC/C=C\COc2cccc(CN3CCCCC3)c2)c(=O)c1=O. The number of nitrogen functional groups attached to an aromatic ring is 1. The Morgan fingerprint density at radius 1 is 1.11 bits per heavy atom. The van der Waals surface area contributed by atoms with Crippen LogP contribution in [-0.4, -0.2) is 31.1 Å². The molecule has 0 aliphatic carbocycles. The zero-order chi connectivity index (χ0) is 18.4. The molecule has 27 heavy (non-hydrogen) atoms. The first-order valence-electron chi connectivity index (χ1n) is 9.07. The Morgan fingerprint density at radius 2 is 1.89 bits per heavy atom. The fourth-order valence-electron chi connectivity index (χ4n) is 3.15. The zero-order valence-corrected chi connectivity index (χ0v) is 16.1. The third-order valence-corrected chi connectivity index (χ3v) is 4.61. The average molecular weight is 392 g/mol. The fourth-order valence-corrected chi connectivity index (χ4v) is 3.15. The van der Waals surface area contributed by atoms with E-state index in [4.69, 9.17) is 10.5 Å². The molecular formula is C20H26ClN3O3. The van der Waals surface area contributed by atoms with E-state index in [1.54, 1.807) is 0 Å². The van der Waals surface area contributed by atoms with Crippen LogP contribution in [0.2, 0.25) is 0 Å². The van der Waals surface area contributed by atoms with E-state index < -0.39 is 10.9 Å². The minimum Gasteiger partial charge on any atom is -0.490 e. The van der Waals surface area contributed by atoms with Gasteiger partial charge in [-0.3, -0.25) is 14.5 Å². The normalized spacial score (nSPS) is 15.0. The van der Waals surface area contributed by atoms with Crippen molar-refractivity contribution in [1.29, 1.82) is 0 Å². The predicted octanol–water partition coefficient (Wildman–Crippen LogP) is 2.32. The number of piperidine rings is 1. The lowest BCUT2D eigenvalue weighted by molar-refractivity contribution is 0.220. The molecule has 3 N–H and O–H groups in total. The molecule has 2 aromatic rings. The highest BCUT2D eigenvalue weighted by Crippen LogP contribution is 2.17. The van der Waals surface area contributed by atoms with E-state index in [2.05, 4.69) is 22.3 Å². The molecule has 6 nitrogen and oxygen atoms in total. The van der Waals surface area contributed by atoms with Crippen LogP contribution >= 0.6 is 12.4 Å². The lowest BCUT2D eigenvalue weighted by atomic mass is 10.1. The number of nitrogens with two attached hydrogens (primary N) is 1. The summed E-state index contributed by atoms with van der Waals surface area (Å²) in [5.74, 6) is 0.851. The summed E-state index contributed by atoms with van der Waals surface area (Å²) in [5, 5.41) is 2.84. The number of halogens is 1. The van der Waals surface area contributed by atoms with E-state index in [1.165, 1.54) is 37.9 Å². The van der Waals surface area contributed by atoms with Gasteiger partial charge in [-0.25, -0.2) is 0 Å². The van der Waals surface area contributed by atoms with Crippen molar-refractivity contribution in [2.75, 3.05) is 37.3 Å². The highest BCUT2D eigenvalue weighted by molar-refractivity contribution is 5.85. The Labute approximate surface area is 165 Å². The number of anilines is 2. The molecule has 1 aliphatic heterocycles. The molecule has 2 aromatic carbocycles. The van der Waals surface area contributed by atoms with Gasteiger partial charge in [0.05, 0.1) is 0 Å². The number of likely N-dealkylation sites (tertiary alicyclic amines) is 1. The fraction of sp³-hybridized carbons (Fsp3) is 0.400. The van der Waals surface area contributed by atoms with E-state index >= 15 is 0 Å². The van der Waals surface area contributed by atoms with E-state index in [1.807, 2.05) is 24.3 Å².